The van der Waals surface area contributed by atoms with E-state index in [1.54, 1.807) is 0 Å². The molecule has 0 amide bonds. The SMILES string of the molecule is CCCCCCC=CCCCCCCCCCC(=O)OC(CO)COC(=O)CCCCCCCCCCCC=CCCCCCCCC. The summed E-state index contributed by atoms with van der Waals surface area (Å²) in [4.78, 5) is 24.3. The Morgan fingerprint density at radius 3 is 1.15 bits per heavy atom. The molecular weight excluding hydrogens is 596 g/mol. The van der Waals surface area contributed by atoms with Gasteiger partial charge in [0.25, 0.3) is 0 Å². The normalized spacial score (nSPS) is 12.3. The Morgan fingerprint density at radius 1 is 0.458 bits per heavy atom. The molecule has 1 unspecified atom stereocenters. The number of hydrogen-bond donors (Lipinski definition) is 1. The predicted octanol–water partition coefficient (Wildman–Crippen LogP) is 13.1. The van der Waals surface area contributed by atoms with Gasteiger partial charge in [0.2, 0.25) is 0 Å². The van der Waals surface area contributed by atoms with Crippen LogP contribution in [0.25, 0.3) is 0 Å². The lowest BCUT2D eigenvalue weighted by Crippen LogP contribution is -2.28. The number of carbonyl (C=O) groups excluding carboxylic acids is 2. The van der Waals surface area contributed by atoms with Crippen molar-refractivity contribution in [1.82, 2.24) is 0 Å². The predicted molar refractivity (Wildman–Crippen MR) is 205 cm³/mol. The van der Waals surface area contributed by atoms with Crippen LogP contribution in [-0.4, -0.2) is 36.4 Å². The van der Waals surface area contributed by atoms with Gasteiger partial charge in [-0.3, -0.25) is 9.59 Å². The fourth-order valence-electron chi connectivity index (χ4n) is 6.01. The Kier molecular flexibility index (Phi) is 38.5. The zero-order valence-electron chi connectivity index (χ0n) is 32.0. The molecule has 0 fully saturated rings. The lowest BCUT2D eigenvalue weighted by Gasteiger charge is -2.15. The Hall–Kier alpha value is -1.62. The molecule has 0 aromatic rings. The molecule has 5 heteroatoms. The summed E-state index contributed by atoms with van der Waals surface area (Å²) in [6.07, 6.45) is 46.7. The first-order valence-corrected chi connectivity index (χ1v) is 20.9. The van der Waals surface area contributed by atoms with Crippen molar-refractivity contribution in [2.45, 2.75) is 225 Å². The van der Waals surface area contributed by atoms with Crippen molar-refractivity contribution >= 4 is 11.9 Å². The molecule has 0 aliphatic rings. The Labute approximate surface area is 298 Å². The average molecular weight is 677 g/mol. The Balaban J connectivity index is 3.52. The summed E-state index contributed by atoms with van der Waals surface area (Å²) in [6, 6.07) is 0. The van der Waals surface area contributed by atoms with Crippen LogP contribution in [0.2, 0.25) is 0 Å². The molecule has 0 bridgehead atoms. The number of aliphatic hydroxyl groups is 1. The third kappa shape index (κ3) is 37.2. The van der Waals surface area contributed by atoms with Gasteiger partial charge < -0.3 is 14.6 Å². The van der Waals surface area contributed by atoms with Crippen molar-refractivity contribution in [3.05, 3.63) is 24.3 Å². The number of allylic oxidation sites excluding steroid dienone is 4. The summed E-state index contributed by atoms with van der Waals surface area (Å²) in [5.74, 6) is -0.592. The van der Waals surface area contributed by atoms with Gasteiger partial charge in [-0.05, 0) is 64.2 Å². The minimum Gasteiger partial charge on any atom is -0.462 e. The van der Waals surface area contributed by atoms with Crippen LogP contribution in [0.15, 0.2) is 24.3 Å². The summed E-state index contributed by atoms with van der Waals surface area (Å²) in [7, 11) is 0. The molecular formula is C43H80O5. The molecule has 0 saturated carbocycles. The maximum absolute atomic E-state index is 12.2. The van der Waals surface area contributed by atoms with Gasteiger partial charge >= 0.3 is 11.9 Å². The van der Waals surface area contributed by atoms with Crippen LogP contribution < -0.4 is 0 Å². The molecule has 0 spiro atoms. The van der Waals surface area contributed by atoms with E-state index < -0.39 is 6.10 Å². The van der Waals surface area contributed by atoms with E-state index >= 15 is 0 Å². The zero-order valence-corrected chi connectivity index (χ0v) is 32.0. The van der Waals surface area contributed by atoms with Gasteiger partial charge in [0, 0.05) is 12.8 Å². The van der Waals surface area contributed by atoms with E-state index in [1.165, 1.54) is 154 Å². The molecule has 0 aromatic carbocycles. The largest absolute Gasteiger partial charge is 0.462 e. The second kappa shape index (κ2) is 39.8. The van der Waals surface area contributed by atoms with Crippen LogP contribution in [0.1, 0.15) is 219 Å². The number of hydrogen-bond acceptors (Lipinski definition) is 5. The van der Waals surface area contributed by atoms with Crippen molar-refractivity contribution in [1.29, 1.82) is 0 Å². The first kappa shape index (κ1) is 46.4. The molecule has 0 saturated heterocycles. The van der Waals surface area contributed by atoms with Crippen LogP contribution >= 0.6 is 0 Å². The van der Waals surface area contributed by atoms with Crippen molar-refractivity contribution in [2.24, 2.45) is 0 Å². The van der Waals surface area contributed by atoms with Gasteiger partial charge in [0.15, 0.2) is 6.10 Å². The maximum atomic E-state index is 12.2. The first-order chi connectivity index (χ1) is 23.6. The van der Waals surface area contributed by atoms with Gasteiger partial charge in [-0.15, -0.1) is 0 Å². The summed E-state index contributed by atoms with van der Waals surface area (Å²) < 4.78 is 10.6. The maximum Gasteiger partial charge on any atom is 0.306 e. The minimum atomic E-state index is -0.770. The van der Waals surface area contributed by atoms with Gasteiger partial charge in [-0.2, -0.15) is 0 Å². The van der Waals surface area contributed by atoms with Crippen molar-refractivity contribution in [2.75, 3.05) is 13.2 Å². The molecule has 1 atom stereocenters. The highest BCUT2D eigenvalue weighted by molar-refractivity contribution is 5.70. The van der Waals surface area contributed by atoms with Crippen LogP contribution in [0.4, 0.5) is 0 Å². The molecule has 48 heavy (non-hydrogen) atoms. The first-order valence-electron chi connectivity index (χ1n) is 20.9. The highest BCUT2D eigenvalue weighted by Crippen LogP contribution is 2.14. The summed E-state index contributed by atoms with van der Waals surface area (Å²) in [5.41, 5.74) is 0. The van der Waals surface area contributed by atoms with Crippen molar-refractivity contribution in [3.8, 4) is 0 Å². The lowest BCUT2D eigenvalue weighted by molar-refractivity contribution is -0.161. The Morgan fingerprint density at radius 2 is 0.771 bits per heavy atom. The van der Waals surface area contributed by atoms with Gasteiger partial charge in [-0.25, -0.2) is 0 Å². The second-order valence-corrected chi connectivity index (χ2v) is 14.1. The van der Waals surface area contributed by atoms with Crippen molar-refractivity contribution in [3.63, 3.8) is 0 Å². The minimum absolute atomic E-state index is 0.0654. The second-order valence-electron chi connectivity index (χ2n) is 14.1. The van der Waals surface area contributed by atoms with Gasteiger partial charge in [0.05, 0.1) is 6.61 Å². The molecule has 5 nitrogen and oxygen atoms in total. The molecule has 0 heterocycles. The van der Waals surface area contributed by atoms with E-state index in [0.717, 1.165) is 38.5 Å². The molecule has 0 rings (SSSR count). The average Bonchev–Trinajstić information content (AvgIpc) is 3.09. The number of carbonyl (C=O) groups is 2. The van der Waals surface area contributed by atoms with E-state index in [9.17, 15) is 14.7 Å². The van der Waals surface area contributed by atoms with E-state index in [-0.39, 0.29) is 25.2 Å². The zero-order chi connectivity index (χ0) is 35.0. The number of rotatable bonds is 38. The molecule has 1 N–H and O–H groups in total. The van der Waals surface area contributed by atoms with Crippen LogP contribution in [-0.2, 0) is 19.1 Å². The monoisotopic (exact) mass is 677 g/mol. The Bertz CT molecular complexity index is 731. The number of ether oxygens (including phenoxy) is 2. The molecule has 0 aromatic heterocycles. The van der Waals surface area contributed by atoms with E-state index in [1.807, 2.05) is 0 Å². The summed E-state index contributed by atoms with van der Waals surface area (Å²) in [5, 5.41) is 9.56. The van der Waals surface area contributed by atoms with Crippen molar-refractivity contribution < 1.29 is 24.2 Å². The topological polar surface area (TPSA) is 72.8 Å². The molecule has 0 radical (unpaired) electrons. The third-order valence-corrected chi connectivity index (χ3v) is 9.22. The highest BCUT2D eigenvalue weighted by atomic mass is 16.6. The van der Waals surface area contributed by atoms with E-state index in [0.29, 0.717) is 12.8 Å². The number of aliphatic hydroxyl groups excluding tert-OH is 1. The molecule has 282 valence electrons. The van der Waals surface area contributed by atoms with E-state index in [4.69, 9.17) is 9.47 Å². The van der Waals surface area contributed by atoms with Crippen LogP contribution in [0, 0.1) is 0 Å². The quantitative estimate of drug-likeness (QED) is 0.0400. The molecule has 0 aliphatic heterocycles. The van der Waals surface area contributed by atoms with Crippen LogP contribution in [0.5, 0.6) is 0 Å². The van der Waals surface area contributed by atoms with E-state index in [2.05, 4.69) is 38.2 Å². The number of unbranched alkanes of at least 4 members (excludes halogenated alkanes) is 26. The van der Waals surface area contributed by atoms with Crippen LogP contribution in [0.3, 0.4) is 0 Å². The summed E-state index contributed by atoms with van der Waals surface area (Å²) in [6.45, 7) is 4.13. The standard InChI is InChI=1S/C43H80O5/c1-3-5-7-9-11-13-15-17-19-20-21-22-24-25-27-29-31-33-35-37-42(45)47-40-41(39-44)48-43(46)38-36-34-32-30-28-26-23-18-16-14-12-10-8-6-4-2/h14,16-17,19,41,44H,3-13,15,18,20-40H2,1-2H3. The fraction of sp³-hybridized carbons (Fsp3) is 0.860. The lowest BCUT2D eigenvalue weighted by atomic mass is 10.1. The van der Waals surface area contributed by atoms with Gasteiger partial charge in [-0.1, -0.05) is 167 Å². The molecule has 0 aliphatic carbocycles. The third-order valence-electron chi connectivity index (χ3n) is 9.22. The highest BCUT2D eigenvalue weighted by Gasteiger charge is 2.16. The number of esters is 2. The smallest absolute Gasteiger partial charge is 0.306 e. The van der Waals surface area contributed by atoms with Gasteiger partial charge in [0.1, 0.15) is 6.61 Å². The summed E-state index contributed by atoms with van der Waals surface area (Å²) >= 11 is 0. The fourth-order valence-corrected chi connectivity index (χ4v) is 6.01.